The normalized spacial score (nSPS) is 12.7. The average Bonchev–Trinajstić information content (AvgIpc) is 2.64. The van der Waals surface area contributed by atoms with Crippen molar-refractivity contribution in [2.24, 2.45) is 0 Å². The van der Waals surface area contributed by atoms with Crippen LogP contribution in [0.3, 0.4) is 0 Å². The molecule has 0 radical (unpaired) electrons. The number of thiophene rings is 1. The van der Waals surface area contributed by atoms with Gasteiger partial charge in [0.05, 0.1) is 0 Å². The zero-order valence-corrected chi connectivity index (χ0v) is 10.00. The molecule has 1 heterocycles. The summed E-state index contributed by atoms with van der Waals surface area (Å²) in [5.74, 6) is 0. The summed E-state index contributed by atoms with van der Waals surface area (Å²) in [5, 5.41) is 6.18. The highest BCUT2D eigenvalue weighted by Gasteiger charge is 2.10. The SMILES string of the molecule is C=C(Cl)CNC(CCC)c1cccs1. The first kappa shape index (κ1) is 11.8. The van der Waals surface area contributed by atoms with Crippen molar-refractivity contribution in [3.63, 3.8) is 0 Å². The summed E-state index contributed by atoms with van der Waals surface area (Å²) >= 11 is 7.52. The molecule has 0 aliphatic carbocycles. The predicted octanol–water partition coefficient (Wildman–Crippen LogP) is 3.93. The fourth-order valence-electron chi connectivity index (χ4n) is 1.36. The summed E-state index contributed by atoms with van der Waals surface area (Å²) in [6.07, 6.45) is 2.31. The van der Waals surface area contributed by atoms with Gasteiger partial charge in [0.1, 0.15) is 0 Å². The van der Waals surface area contributed by atoms with Crippen LogP contribution in [0.25, 0.3) is 0 Å². The predicted molar refractivity (Wildman–Crippen MR) is 65.0 cm³/mol. The number of hydrogen-bond acceptors (Lipinski definition) is 2. The fourth-order valence-corrected chi connectivity index (χ4v) is 2.27. The minimum Gasteiger partial charge on any atom is -0.304 e. The molecule has 0 saturated heterocycles. The van der Waals surface area contributed by atoms with Crippen molar-refractivity contribution in [3.05, 3.63) is 34.0 Å². The van der Waals surface area contributed by atoms with Crippen molar-refractivity contribution in [2.45, 2.75) is 25.8 Å². The Kier molecular flexibility index (Phi) is 5.23. The van der Waals surface area contributed by atoms with Gasteiger partial charge in [0.2, 0.25) is 0 Å². The molecule has 1 atom stereocenters. The molecule has 0 aromatic carbocycles. The van der Waals surface area contributed by atoms with Crippen LogP contribution >= 0.6 is 22.9 Å². The van der Waals surface area contributed by atoms with E-state index in [1.807, 2.05) is 0 Å². The maximum absolute atomic E-state index is 5.73. The summed E-state index contributed by atoms with van der Waals surface area (Å²) in [7, 11) is 0. The summed E-state index contributed by atoms with van der Waals surface area (Å²) < 4.78 is 0. The molecular weight excluding hydrogens is 214 g/mol. The summed E-state index contributed by atoms with van der Waals surface area (Å²) in [4.78, 5) is 1.38. The highest BCUT2D eigenvalue weighted by molar-refractivity contribution is 7.10. The fraction of sp³-hybridized carbons (Fsp3) is 0.455. The standard InChI is InChI=1S/C11H16ClNS/c1-3-5-10(13-8-9(2)12)11-6-4-7-14-11/h4,6-7,10,13H,2-3,5,8H2,1H3. The van der Waals surface area contributed by atoms with Crippen molar-refractivity contribution >= 4 is 22.9 Å². The van der Waals surface area contributed by atoms with E-state index in [-0.39, 0.29) is 0 Å². The van der Waals surface area contributed by atoms with E-state index in [1.54, 1.807) is 11.3 Å². The highest BCUT2D eigenvalue weighted by Crippen LogP contribution is 2.23. The van der Waals surface area contributed by atoms with Crippen LogP contribution < -0.4 is 5.32 Å². The first-order chi connectivity index (χ1) is 6.74. The molecule has 0 spiro atoms. The summed E-state index contributed by atoms with van der Waals surface area (Å²) in [6, 6.07) is 4.67. The van der Waals surface area contributed by atoms with Gasteiger partial charge in [-0.15, -0.1) is 11.3 Å². The minimum absolute atomic E-state index is 0.426. The van der Waals surface area contributed by atoms with Gasteiger partial charge in [0, 0.05) is 22.5 Å². The third-order valence-corrected chi connectivity index (χ3v) is 3.12. The van der Waals surface area contributed by atoms with Crippen LogP contribution in [-0.2, 0) is 0 Å². The van der Waals surface area contributed by atoms with E-state index in [4.69, 9.17) is 11.6 Å². The highest BCUT2D eigenvalue weighted by atomic mass is 35.5. The Labute approximate surface area is 94.8 Å². The van der Waals surface area contributed by atoms with Crippen LogP contribution in [0.15, 0.2) is 29.1 Å². The van der Waals surface area contributed by atoms with E-state index in [0.717, 1.165) is 6.42 Å². The first-order valence-electron chi connectivity index (χ1n) is 4.84. The van der Waals surface area contributed by atoms with E-state index in [2.05, 4.69) is 36.3 Å². The first-order valence-corrected chi connectivity index (χ1v) is 6.10. The molecule has 0 aliphatic heterocycles. The second kappa shape index (κ2) is 6.23. The van der Waals surface area contributed by atoms with E-state index < -0.39 is 0 Å². The zero-order valence-electron chi connectivity index (χ0n) is 8.42. The molecule has 14 heavy (non-hydrogen) atoms. The molecule has 0 saturated carbocycles. The number of halogens is 1. The van der Waals surface area contributed by atoms with Crippen LogP contribution in [0.5, 0.6) is 0 Å². The molecule has 1 rings (SSSR count). The third kappa shape index (κ3) is 3.82. The Morgan fingerprint density at radius 1 is 1.71 bits per heavy atom. The molecule has 0 amide bonds. The zero-order chi connectivity index (χ0) is 10.4. The second-order valence-electron chi connectivity index (χ2n) is 3.25. The lowest BCUT2D eigenvalue weighted by atomic mass is 10.1. The quantitative estimate of drug-likeness (QED) is 0.780. The molecule has 1 unspecified atom stereocenters. The van der Waals surface area contributed by atoms with Gasteiger partial charge in [-0.1, -0.05) is 37.6 Å². The maximum atomic E-state index is 5.73. The van der Waals surface area contributed by atoms with Crippen molar-refractivity contribution in [3.8, 4) is 0 Å². The van der Waals surface area contributed by atoms with E-state index in [1.165, 1.54) is 11.3 Å². The van der Waals surface area contributed by atoms with Crippen molar-refractivity contribution in [1.82, 2.24) is 5.32 Å². The monoisotopic (exact) mass is 229 g/mol. The van der Waals surface area contributed by atoms with Gasteiger partial charge in [-0.25, -0.2) is 0 Å². The maximum Gasteiger partial charge on any atom is 0.0417 e. The van der Waals surface area contributed by atoms with Crippen LogP contribution in [0, 0.1) is 0 Å². The molecular formula is C11H16ClNS. The summed E-state index contributed by atoms with van der Waals surface area (Å²) in [5.41, 5.74) is 0. The molecule has 1 N–H and O–H groups in total. The molecule has 78 valence electrons. The second-order valence-corrected chi connectivity index (χ2v) is 4.77. The van der Waals surface area contributed by atoms with Gasteiger partial charge in [-0.3, -0.25) is 0 Å². The van der Waals surface area contributed by atoms with Gasteiger partial charge >= 0.3 is 0 Å². The largest absolute Gasteiger partial charge is 0.304 e. The molecule has 1 aromatic rings. The van der Waals surface area contributed by atoms with Gasteiger partial charge in [0.25, 0.3) is 0 Å². The van der Waals surface area contributed by atoms with Crippen LogP contribution in [0.4, 0.5) is 0 Å². The van der Waals surface area contributed by atoms with Crippen LogP contribution in [0.2, 0.25) is 0 Å². The molecule has 1 nitrogen and oxygen atoms in total. The Balaban J connectivity index is 2.51. The van der Waals surface area contributed by atoms with E-state index in [0.29, 0.717) is 17.6 Å². The minimum atomic E-state index is 0.426. The molecule has 0 bridgehead atoms. The number of hydrogen-bond donors (Lipinski definition) is 1. The average molecular weight is 230 g/mol. The topological polar surface area (TPSA) is 12.0 Å². The summed E-state index contributed by atoms with van der Waals surface area (Å²) in [6.45, 7) is 6.55. The Bertz CT molecular complexity index is 269. The third-order valence-electron chi connectivity index (χ3n) is 2.00. The molecule has 0 aliphatic rings. The Morgan fingerprint density at radius 2 is 2.50 bits per heavy atom. The number of nitrogens with one attached hydrogen (secondary N) is 1. The van der Waals surface area contributed by atoms with Gasteiger partial charge in [-0.2, -0.15) is 0 Å². The lowest BCUT2D eigenvalue weighted by Crippen LogP contribution is -2.21. The lowest BCUT2D eigenvalue weighted by Gasteiger charge is -2.15. The van der Waals surface area contributed by atoms with Crippen molar-refractivity contribution in [1.29, 1.82) is 0 Å². The van der Waals surface area contributed by atoms with Gasteiger partial charge < -0.3 is 5.32 Å². The van der Waals surface area contributed by atoms with E-state index >= 15 is 0 Å². The van der Waals surface area contributed by atoms with Gasteiger partial charge in [-0.05, 0) is 17.9 Å². The van der Waals surface area contributed by atoms with Crippen molar-refractivity contribution < 1.29 is 0 Å². The lowest BCUT2D eigenvalue weighted by molar-refractivity contribution is 0.527. The molecule has 3 heteroatoms. The Hall–Kier alpha value is -0.310. The molecule has 1 aromatic heterocycles. The molecule has 0 fully saturated rings. The van der Waals surface area contributed by atoms with Crippen LogP contribution in [-0.4, -0.2) is 6.54 Å². The van der Waals surface area contributed by atoms with Gasteiger partial charge in [0.15, 0.2) is 0 Å². The Morgan fingerprint density at radius 3 is 3.00 bits per heavy atom. The van der Waals surface area contributed by atoms with Crippen molar-refractivity contribution in [2.75, 3.05) is 6.54 Å². The smallest absolute Gasteiger partial charge is 0.0417 e. The number of rotatable bonds is 6. The van der Waals surface area contributed by atoms with Crippen LogP contribution in [0.1, 0.15) is 30.7 Å². The van der Waals surface area contributed by atoms with E-state index in [9.17, 15) is 0 Å².